The van der Waals surface area contributed by atoms with Gasteiger partial charge in [0.15, 0.2) is 0 Å². The lowest BCUT2D eigenvalue weighted by Gasteiger charge is -2.26. The second-order valence-electron chi connectivity index (χ2n) is 11.1. The molecule has 2 aliphatic rings. The van der Waals surface area contributed by atoms with Gasteiger partial charge >= 0.3 is 0 Å². The van der Waals surface area contributed by atoms with Gasteiger partial charge in [-0.1, -0.05) is 32.9 Å². The molecule has 36 heavy (non-hydrogen) atoms. The Kier molecular flexibility index (Phi) is 5.16. The summed E-state index contributed by atoms with van der Waals surface area (Å²) in [4.78, 5) is 22.5. The molecular formula is C29H32N6O. The Morgan fingerprint density at radius 1 is 1.17 bits per heavy atom. The Morgan fingerprint density at radius 3 is 2.75 bits per heavy atom. The van der Waals surface area contributed by atoms with Gasteiger partial charge in [0.05, 0.1) is 23.1 Å². The average molecular weight is 481 g/mol. The highest BCUT2D eigenvalue weighted by molar-refractivity contribution is 5.83. The zero-order valence-corrected chi connectivity index (χ0v) is 21.1. The topological polar surface area (TPSA) is 76.8 Å². The maximum Gasteiger partial charge on any atom is 0.276 e. The van der Waals surface area contributed by atoms with Gasteiger partial charge in [0.25, 0.3) is 5.56 Å². The summed E-state index contributed by atoms with van der Waals surface area (Å²) in [6.07, 6.45) is 7.75. The molecule has 3 aromatic heterocycles. The minimum atomic E-state index is -0.114. The number of nitrogens with zero attached hydrogens (tertiary/aromatic N) is 4. The third-order valence-electron chi connectivity index (χ3n) is 7.46. The fourth-order valence-electron chi connectivity index (χ4n) is 5.35. The van der Waals surface area contributed by atoms with Crippen molar-refractivity contribution in [3.05, 3.63) is 88.6 Å². The minimum Gasteiger partial charge on any atom is -0.340 e. The van der Waals surface area contributed by atoms with Crippen LogP contribution in [0.2, 0.25) is 0 Å². The van der Waals surface area contributed by atoms with Crippen LogP contribution < -0.4 is 16.2 Å². The molecule has 7 heteroatoms. The van der Waals surface area contributed by atoms with Crippen molar-refractivity contribution in [1.82, 2.24) is 24.6 Å². The zero-order chi connectivity index (χ0) is 25.1. The van der Waals surface area contributed by atoms with Crippen molar-refractivity contribution >= 4 is 22.4 Å². The molecule has 184 valence electrons. The fraction of sp³-hybridized carbons (Fsp3) is 0.345. The molecule has 4 heterocycles. The quantitative estimate of drug-likeness (QED) is 0.396. The molecule has 1 spiro atoms. The summed E-state index contributed by atoms with van der Waals surface area (Å²) in [6, 6.07) is 12.6. The van der Waals surface area contributed by atoms with Crippen LogP contribution in [0.5, 0.6) is 0 Å². The summed E-state index contributed by atoms with van der Waals surface area (Å²) in [5.41, 5.74) is 6.62. The van der Waals surface area contributed by atoms with E-state index in [1.165, 1.54) is 24.0 Å². The van der Waals surface area contributed by atoms with Crippen LogP contribution in [0.1, 0.15) is 50.4 Å². The first kappa shape index (κ1) is 22.7. The van der Waals surface area contributed by atoms with Gasteiger partial charge in [-0.05, 0) is 48.2 Å². The third-order valence-corrected chi connectivity index (χ3v) is 7.46. The second kappa shape index (κ2) is 8.17. The fourth-order valence-corrected chi connectivity index (χ4v) is 5.35. The SMILES string of the molecule is C=CCn1c(=O)c2cnc(Nc3ccc4c(c3)CNCC43CC3)cc2n1-c1ccnc(C(C)(C)C)c1. The lowest BCUT2D eigenvalue weighted by Crippen LogP contribution is -2.33. The van der Waals surface area contributed by atoms with Gasteiger partial charge in [-0.3, -0.25) is 9.78 Å². The van der Waals surface area contributed by atoms with Crippen LogP contribution in [0.4, 0.5) is 11.5 Å². The summed E-state index contributed by atoms with van der Waals surface area (Å²) < 4.78 is 3.65. The monoisotopic (exact) mass is 480 g/mol. The number of allylic oxidation sites excluding steroid dienone is 1. The van der Waals surface area contributed by atoms with Crippen LogP contribution in [0.25, 0.3) is 16.6 Å². The molecule has 0 radical (unpaired) electrons. The summed E-state index contributed by atoms with van der Waals surface area (Å²) in [7, 11) is 0. The Hall–Kier alpha value is -3.71. The van der Waals surface area contributed by atoms with Gasteiger partial charge in [0.1, 0.15) is 5.82 Å². The van der Waals surface area contributed by atoms with Crippen molar-refractivity contribution in [2.24, 2.45) is 0 Å². The number of anilines is 2. The lowest BCUT2D eigenvalue weighted by atomic mass is 9.88. The summed E-state index contributed by atoms with van der Waals surface area (Å²) in [5, 5.41) is 7.62. The third kappa shape index (κ3) is 3.75. The molecule has 7 nitrogen and oxygen atoms in total. The number of hydrogen-bond donors (Lipinski definition) is 2. The molecule has 1 aliphatic heterocycles. The lowest BCUT2D eigenvalue weighted by molar-refractivity contribution is 0.531. The second-order valence-corrected chi connectivity index (χ2v) is 11.1. The van der Waals surface area contributed by atoms with Gasteiger partial charge < -0.3 is 10.6 Å². The van der Waals surface area contributed by atoms with E-state index in [0.29, 0.717) is 23.2 Å². The molecule has 0 amide bonds. The molecule has 0 unspecified atom stereocenters. The maximum absolute atomic E-state index is 13.3. The first-order valence-electron chi connectivity index (χ1n) is 12.6. The predicted octanol–water partition coefficient (Wildman–Crippen LogP) is 4.94. The van der Waals surface area contributed by atoms with Gasteiger partial charge in [-0.25, -0.2) is 14.3 Å². The first-order chi connectivity index (χ1) is 17.3. The number of hydrogen-bond acceptors (Lipinski definition) is 5. The largest absolute Gasteiger partial charge is 0.340 e. The smallest absolute Gasteiger partial charge is 0.276 e. The molecule has 2 N–H and O–H groups in total. The average Bonchev–Trinajstić information content (AvgIpc) is 3.57. The number of pyridine rings is 2. The number of aromatic nitrogens is 4. The molecule has 1 fully saturated rings. The van der Waals surface area contributed by atoms with Gasteiger partial charge in [-0.15, -0.1) is 6.58 Å². The van der Waals surface area contributed by atoms with Crippen molar-refractivity contribution in [3.63, 3.8) is 0 Å². The summed E-state index contributed by atoms with van der Waals surface area (Å²) >= 11 is 0. The molecule has 6 rings (SSSR count). The van der Waals surface area contributed by atoms with Crippen LogP contribution in [0, 0.1) is 0 Å². The van der Waals surface area contributed by atoms with Crippen molar-refractivity contribution in [2.75, 3.05) is 11.9 Å². The molecular weight excluding hydrogens is 448 g/mol. The predicted molar refractivity (Wildman–Crippen MR) is 144 cm³/mol. The number of rotatable bonds is 5. The van der Waals surface area contributed by atoms with Crippen molar-refractivity contribution in [3.8, 4) is 5.69 Å². The molecule has 4 aromatic rings. The standard InChI is InChI=1S/C29H32N6O/c1-5-12-34-27(36)22-17-32-26(15-24(22)35(34)21-8-11-31-25(14-21)28(2,3)4)33-20-6-7-23-19(13-20)16-30-18-29(23)9-10-29/h5-8,11,13-15,17,30H,1,9-10,12,16,18H2,2-4H3,(H,32,33). The van der Waals surface area contributed by atoms with Gasteiger partial charge in [-0.2, -0.15) is 0 Å². The molecule has 0 bridgehead atoms. The highest BCUT2D eigenvalue weighted by Gasteiger charge is 2.46. The number of nitrogens with one attached hydrogen (secondary N) is 2. The molecule has 0 atom stereocenters. The molecule has 1 aliphatic carbocycles. The van der Waals surface area contributed by atoms with E-state index in [9.17, 15) is 4.79 Å². The Morgan fingerprint density at radius 2 is 2.00 bits per heavy atom. The van der Waals surface area contributed by atoms with Crippen LogP contribution in [-0.4, -0.2) is 25.9 Å². The van der Waals surface area contributed by atoms with Gasteiger partial charge in [0, 0.05) is 53.8 Å². The Bertz CT molecular complexity index is 1550. The van der Waals surface area contributed by atoms with E-state index >= 15 is 0 Å². The number of benzene rings is 1. The van der Waals surface area contributed by atoms with Crippen LogP contribution in [0.15, 0.2) is 66.2 Å². The highest BCUT2D eigenvalue weighted by atomic mass is 16.1. The number of fused-ring (bicyclic) bond motifs is 3. The minimum absolute atomic E-state index is 0.0901. The molecule has 1 saturated carbocycles. The normalized spacial score (nSPS) is 16.2. The van der Waals surface area contributed by atoms with Crippen molar-refractivity contribution in [2.45, 2.75) is 57.5 Å². The van der Waals surface area contributed by atoms with Gasteiger partial charge in [0.2, 0.25) is 0 Å². The molecule has 0 saturated heterocycles. The van der Waals surface area contributed by atoms with E-state index in [1.54, 1.807) is 23.2 Å². The van der Waals surface area contributed by atoms with Crippen molar-refractivity contribution < 1.29 is 0 Å². The molecule has 1 aromatic carbocycles. The Balaban J connectivity index is 1.43. The van der Waals surface area contributed by atoms with E-state index in [1.807, 2.05) is 16.8 Å². The summed E-state index contributed by atoms with van der Waals surface area (Å²) in [6.45, 7) is 12.6. The first-order valence-corrected chi connectivity index (χ1v) is 12.6. The van der Waals surface area contributed by atoms with E-state index < -0.39 is 0 Å². The van der Waals surface area contributed by atoms with E-state index in [-0.39, 0.29) is 11.0 Å². The van der Waals surface area contributed by atoms with Crippen LogP contribution in [-0.2, 0) is 23.9 Å². The maximum atomic E-state index is 13.3. The highest BCUT2D eigenvalue weighted by Crippen LogP contribution is 2.50. The van der Waals surface area contributed by atoms with E-state index in [0.717, 1.165) is 35.7 Å². The Labute approximate surface area is 210 Å². The summed E-state index contributed by atoms with van der Waals surface area (Å²) in [5.74, 6) is 0.696. The van der Waals surface area contributed by atoms with E-state index in [4.69, 9.17) is 0 Å². The van der Waals surface area contributed by atoms with Crippen LogP contribution >= 0.6 is 0 Å². The van der Waals surface area contributed by atoms with Crippen LogP contribution in [0.3, 0.4) is 0 Å². The van der Waals surface area contributed by atoms with Crippen molar-refractivity contribution in [1.29, 1.82) is 0 Å². The zero-order valence-electron chi connectivity index (χ0n) is 21.1. The van der Waals surface area contributed by atoms with E-state index in [2.05, 4.69) is 72.2 Å².